The molecule has 0 bridgehead atoms. The number of carbonyl (C=O) groups excluding carboxylic acids is 1. The van der Waals surface area contributed by atoms with Crippen LogP contribution in [0, 0.1) is 0 Å². The monoisotopic (exact) mass is 220 g/mol. The lowest BCUT2D eigenvalue weighted by Crippen LogP contribution is -2.51. The largest absolute Gasteiger partial charge is 0.390 e. The minimum Gasteiger partial charge on any atom is -0.390 e. The van der Waals surface area contributed by atoms with Crippen LogP contribution in [0.4, 0.5) is 0 Å². The Balaban J connectivity index is 4.15. The van der Waals surface area contributed by atoms with Crippen molar-refractivity contribution in [2.75, 3.05) is 27.2 Å². The second-order valence-electron chi connectivity index (χ2n) is 4.13. The van der Waals surface area contributed by atoms with Crippen LogP contribution in [0.15, 0.2) is 0 Å². The van der Waals surface area contributed by atoms with E-state index in [1.807, 2.05) is 14.1 Å². The van der Waals surface area contributed by atoms with Gasteiger partial charge in [-0.2, -0.15) is 12.6 Å². The number of hydrogen-bond acceptors (Lipinski definition) is 3. The van der Waals surface area contributed by atoms with Gasteiger partial charge in [-0.3, -0.25) is 4.48 Å². The van der Waals surface area contributed by atoms with Gasteiger partial charge in [-0.25, -0.2) is 4.79 Å². The summed E-state index contributed by atoms with van der Waals surface area (Å²) in [4.78, 5) is 11.8. The van der Waals surface area contributed by atoms with Gasteiger partial charge in [0.1, 0.15) is 11.8 Å². The number of thiol groups is 1. The molecule has 14 heavy (non-hydrogen) atoms. The summed E-state index contributed by atoms with van der Waals surface area (Å²) in [5, 5.41) is 8.62. The summed E-state index contributed by atoms with van der Waals surface area (Å²) in [5.74, 6) is 0.0934. The molecular weight excluding hydrogens is 198 g/mol. The highest BCUT2D eigenvalue weighted by molar-refractivity contribution is 7.81. The van der Waals surface area contributed by atoms with E-state index in [0.29, 0.717) is 6.54 Å². The van der Waals surface area contributed by atoms with Crippen molar-refractivity contribution in [2.45, 2.75) is 31.4 Å². The second-order valence-corrected chi connectivity index (χ2v) is 4.75. The van der Waals surface area contributed by atoms with Crippen LogP contribution in [-0.4, -0.2) is 48.0 Å². The maximum absolute atomic E-state index is 11.8. The van der Waals surface area contributed by atoms with E-state index < -0.39 is 0 Å². The lowest BCUT2D eigenvalue weighted by molar-refractivity contribution is -0.814. The lowest BCUT2D eigenvalue weighted by Gasteiger charge is -2.28. The topological polar surface area (TPSA) is 37.3 Å². The molecule has 0 aliphatic rings. The molecule has 0 aromatic rings. The zero-order chi connectivity index (χ0) is 11.2. The average molecular weight is 220 g/mol. The molecule has 0 radical (unpaired) electrons. The molecule has 1 unspecified atom stereocenters. The second kappa shape index (κ2) is 6.43. The molecule has 1 amide bonds. The Kier molecular flexibility index (Phi) is 6.40. The third-order valence-corrected chi connectivity index (χ3v) is 2.85. The predicted molar refractivity (Wildman–Crippen MR) is 61.4 cm³/mol. The van der Waals surface area contributed by atoms with Gasteiger partial charge in [-0.1, -0.05) is 19.8 Å². The van der Waals surface area contributed by atoms with E-state index in [9.17, 15) is 4.79 Å². The molecule has 1 N–H and O–H groups in total. The summed E-state index contributed by atoms with van der Waals surface area (Å²) in [5.41, 5.74) is 0. The number of aliphatic hydroxyl groups is 1. The first kappa shape index (κ1) is 13.9. The maximum atomic E-state index is 11.8. The molecule has 0 aromatic heterocycles. The van der Waals surface area contributed by atoms with Gasteiger partial charge in [0, 0.05) is 0 Å². The zero-order valence-corrected chi connectivity index (χ0v) is 10.3. The minimum absolute atomic E-state index is 0.0347. The number of hydrogen-bond donors (Lipinski definition) is 2. The first-order chi connectivity index (χ1) is 6.45. The van der Waals surface area contributed by atoms with Gasteiger partial charge in [0.05, 0.1) is 20.7 Å². The lowest BCUT2D eigenvalue weighted by atomic mass is 10.1. The van der Waals surface area contributed by atoms with Gasteiger partial charge in [0.25, 0.3) is 0 Å². The number of amides is 1. The molecule has 84 valence electrons. The van der Waals surface area contributed by atoms with Crippen LogP contribution >= 0.6 is 12.6 Å². The van der Waals surface area contributed by atoms with Crippen LogP contribution in [0.3, 0.4) is 0 Å². The van der Waals surface area contributed by atoms with Crippen molar-refractivity contribution in [2.24, 2.45) is 0 Å². The van der Waals surface area contributed by atoms with E-state index in [1.165, 1.54) is 0 Å². The van der Waals surface area contributed by atoms with Crippen LogP contribution < -0.4 is 0 Å². The van der Waals surface area contributed by atoms with E-state index in [1.54, 1.807) is 0 Å². The molecule has 0 aromatic carbocycles. The third-order valence-electron chi connectivity index (χ3n) is 2.37. The van der Waals surface area contributed by atoms with Gasteiger partial charge in [-0.05, 0) is 6.42 Å². The molecule has 4 heteroatoms. The molecule has 3 nitrogen and oxygen atoms in total. The zero-order valence-electron chi connectivity index (χ0n) is 9.36. The first-order valence-electron chi connectivity index (χ1n) is 5.12. The number of likely N-dealkylation sites (N-methyl/N-ethyl adjacent to an activating group) is 1. The van der Waals surface area contributed by atoms with Crippen molar-refractivity contribution in [3.8, 4) is 0 Å². The predicted octanol–water partition coefficient (Wildman–Crippen LogP) is 1.07. The molecule has 0 aliphatic carbocycles. The highest BCUT2D eigenvalue weighted by Crippen LogP contribution is 2.13. The van der Waals surface area contributed by atoms with Crippen LogP contribution in [-0.2, 0) is 4.79 Å². The first-order valence-corrected chi connectivity index (χ1v) is 5.63. The molecule has 0 heterocycles. The van der Waals surface area contributed by atoms with Crippen LogP contribution in [0.2, 0.25) is 0 Å². The van der Waals surface area contributed by atoms with Crippen LogP contribution in [0.25, 0.3) is 0 Å². The molecule has 1 atom stereocenters. The molecule has 0 rings (SSSR count). The minimum atomic E-state index is -0.198. The van der Waals surface area contributed by atoms with Gasteiger partial charge in [-0.15, -0.1) is 0 Å². The summed E-state index contributed by atoms with van der Waals surface area (Å²) in [6, 6.07) is 0. The van der Waals surface area contributed by atoms with Crippen molar-refractivity contribution >= 4 is 18.5 Å². The van der Waals surface area contributed by atoms with Gasteiger partial charge in [0.15, 0.2) is 0 Å². The van der Waals surface area contributed by atoms with E-state index in [0.717, 1.165) is 19.3 Å². The Morgan fingerprint density at radius 3 is 2.50 bits per heavy atom. The molecule has 0 saturated heterocycles. The molecular formula is C10H22NO2S+. The number of quaternary nitrogens is 1. The van der Waals surface area contributed by atoms with E-state index >= 15 is 0 Å². The van der Waals surface area contributed by atoms with Crippen LogP contribution in [0.5, 0.6) is 0 Å². The van der Waals surface area contributed by atoms with Crippen molar-refractivity contribution in [3.05, 3.63) is 0 Å². The van der Waals surface area contributed by atoms with Gasteiger partial charge < -0.3 is 5.11 Å². The van der Waals surface area contributed by atoms with E-state index in [-0.39, 0.29) is 22.2 Å². The fourth-order valence-electron chi connectivity index (χ4n) is 1.28. The number of carbonyl (C=O) groups is 1. The summed E-state index contributed by atoms with van der Waals surface area (Å²) in [6.45, 7) is 2.59. The number of aliphatic hydroxyl groups excluding tert-OH is 1. The quantitative estimate of drug-likeness (QED) is 0.519. The standard InChI is InChI=1S/C10H21NO2S/c1-4-5-6-9(14)10(13)11(2,3)7-8-12/h9,12H,4-8H2,1-3H3/p+1. The van der Waals surface area contributed by atoms with Crippen molar-refractivity contribution < 1.29 is 14.4 Å². The number of rotatable bonds is 6. The Morgan fingerprint density at radius 1 is 1.50 bits per heavy atom. The van der Waals surface area contributed by atoms with Crippen LogP contribution in [0.1, 0.15) is 26.2 Å². The fraction of sp³-hybridized carbons (Fsp3) is 0.900. The van der Waals surface area contributed by atoms with E-state index in [4.69, 9.17) is 5.11 Å². The summed E-state index contributed by atoms with van der Waals surface area (Å²) >= 11 is 4.30. The SMILES string of the molecule is CCCCC(S)C(=O)[N+](C)(C)CCO. The highest BCUT2D eigenvalue weighted by Gasteiger charge is 2.30. The maximum Gasteiger partial charge on any atom is 0.326 e. The third kappa shape index (κ3) is 4.44. The molecule has 0 spiro atoms. The summed E-state index contributed by atoms with van der Waals surface area (Å²) < 4.78 is 0.217. The Labute approximate surface area is 92.1 Å². The summed E-state index contributed by atoms with van der Waals surface area (Å²) in [7, 11) is 3.63. The Bertz CT molecular complexity index is 183. The smallest absolute Gasteiger partial charge is 0.326 e. The fourth-order valence-corrected chi connectivity index (χ4v) is 1.78. The Hall–Kier alpha value is -0.0600. The highest BCUT2D eigenvalue weighted by atomic mass is 32.1. The molecule has 0 saturated carbocycles. The molecule has 0 aliphatic heterocycles. The number of nitrogens with zero attached hydrogens (tertiary/aromatic N) is 1. The molecule has 0 fully saturated rings. The van der Waals surface area contributed by atoms with Gasteiger partial charge >= 0.3 is 5.91 Å². The summed E-state index contributed by atoms with van der Waals surface area (Å²) in [6.07, 6.45) is 2.93. The van der Waals surface area contributed by atoms with E-state index in [2.05, 4.69) is 19.6 Å². The van der Waals surface area contributed by atoms with Crippen molar-refractivity contribution in [1.29, 1.82) is 0 Å². The Morgan fingerprint density at radius 2 is 2.07 bits per heavy atom. The normalized spacial score (nSPS) is 14.1. The van der Waals surface area contributed by atoms with Crippen molar-refractivity contribution in [3.63, 3.8) is 0 Å². The average Bonchev–Trinajstić information content (AvgIpc) is 2.12. The van der Waals surface area contributed by atoms with Crippen molar-refractivity contribution in [1.82, 2.24) is 0 Å². The number of unbranched alkanes of at least 4 members (excludes halogenated alkanes) is 1. The van der Waals surface area contributed by atoms with Gasteiger partial charge in [0.2, 0.25) is 0 Å².